The van der Waals surface area contributed by atoms with E-state index < -0.39 is 11.9 Å². The van der Waals surface area contributed by atoms with Gasteiger partial charge in [0.15, 0.2) is 5.58 Å². The maximum Gasteiger partial charge on any atom is 0.433 e. The zero-order chi connectivity index (χ0) is 19.0. The molecule has 3 aromatic rings. The van der Waals surface area contributed by atoms with Crippen molar-refractivity contribution >= 4 is 17.1 Å². The fraction of sp³-hybridized carbons (Fsp3) is 0.333. The maximum absolute atomic E-state index is 13.3. The van der Waals surface area contributed by atoms with Crippen LogP contribution in [0.15, 0.2) is 40.9 Å². The van der Waals surface area contributed by atoms with Crippen LogP contribution in [0.5, 0.6) is 0 Å². The van der Waals surface area contributed by atoms with Crippen molar-refractivity contribution in [3.63, 3.8) is 0 Å². The van der Waals surface area contributed by atoms with Crippen molar-refractivity contribution in [2.24, 2.45) is 0 Å². The third-order valence-electron chi connectivity index (χ3n) is 4.50. The van der Waals surface area contributed by atoms with Crippen molar-refractivity contribution in [1.82, 2.24) is 14.9 Å². The van der Waals surface area contributed by atoms with Gasteiger partial charge in [0, 0.05) is 45.0 Å². The summed E-state index contributed by atoms with van der Waals surface area (Å²) in [6.45, 7) is 2.95. The molecule has 0 unspecified atom stereocenters. The third kappa shape index (κ3) is 3.87. The summed E-state index contributed by atoms with van der Waals surface area (Å²) < 4.78 is 57.2. The van der Waals surface area contributed by atoms with Crippen LogP contribution in [0.2, 0.25) is 0 Å². The van der Waals surface area contributed by atoms with Crippen molar-refractivity contribution in [1.29, 1.82) is 0 Å². The van der Waals surface area contributed by atoms with E-state index >= 15 is 0 Å². The monoisotopic (exact) mass is 380 g/mol. The number of rotatable bonds is 3. The summed E-state index contributed by atoms with van der Waals surface area (Å²) in [5.74, 6) is -0.384. The molecule has 0 atom stereocenters. The predicted octanol–water partition coefficient (Wildman–Crippen LogP) is 3.70. The molecule has 0 amide bonds. The highest BCUT2D eigenvalue weighted by Gasteiger charge is 2.32. The number of anilines is 1. The van der Waals surface area contributed by atoms with Crippen molar-refractivity contribution in [3.05, 3.63) is 53.6 Å². The van der Waals surface area contributed by atoms with E-state index in [1.165, 1.54) is 18.3 Å². The van der Waals surface area contributed by atoms with Gasteiger partial charge in [-0.1, -0.05) is 0 Å². The van der Waals surface area contributed by atoms with Gasteiger partial charge in [0.05, 0.1) is 0 Å². The Balaban J connectivity index is 1.40. The number of benzene rings is 1. The van der Waals surface area contributed by atoms with Gasteiger partial charge in [0.2, 0.25) is 0 Å². The number of halogens is 4. The molecule has 142 valence electrons. The molecular weight excluding hydrogens is 364 g/mol. The Morgan fingerprint density at radius 3 is 2.56 bits per heavy atom. The highest BCUT2D eigenvalue weighted by Crippen LogP contribution is 2.28. The first kappa shape index (κ1) is 17.7. The molecule has 1 aliphatic heterocycles. The van der Waals surface area contributed by atoms with Crippen molar-refractivity contribution in [2.45, 2.75) is 12.7 Å². The quantitative estimate of drug-likeness (QED) is 0.649. The standard InChI is InChI=1S/C18H16F4N4O/c19-13-1-2-14-15(10-13)27-17(24-14)26-7-5-25(6-8-26)11-12-3-4-23-16(9-12)18(20,21)22/h1-4,9-10H,5-8,11H2. The van der Waals surface area contributed by atoms with Gasteiger partial charge < -0.3 is 9.32 Å². The number of hydrogen-bond acceptors (Lipinski definition) is 5. The van der Waals surface area contributed by atoms with Crippen LogP contribution in [0.3, 0.4) is 0 Å². The molecule has 0 spiro atoms. The highest BCUT2D eigenvalue weighted by molar-refractivity contribution is 5.74. The lowest BCUT2D eigenvalue weighted by atomic mass is 10.2. The molecule has 2 aromatic heterocycles. The molecule has 0 N–H and O–H groups in total. The highest BCUT2D eigenvalue weighted by atomic mass is 19.4. The first-order valence-corrected chi connectivity index (χ1v) is 8.44. The van der Waals surface area contributed by atoms with E-state index in [1.807, 2.05) is 4.90 Å². The van der Waals surface area contributed by atoms with Gasteiger partial charge in [0.25, 0.3) is 6.01 Å². The molecule has 1 saturated heterocycles. The fourth-order valence-electron chi connectivity index (χ4n) is 3.10. The minimum atomic E-state index is -4.44. The average Bonchev–Trinajstić information content (AvgIpc) is 3.05. The van der Waals surface area contributed by atoms with Crippen molar-refractivity contribution in [3.8, 4) is 0 Å². The Hall–Kier alpha value is -2.68. The van der Waals surface area contributed by atoms with Crippen LogP contribution in [0.4, 0.5) is 23.6 Å². The van der Waals surface area contributed by atoms with Gasteiger partial charge in [-0.25, -0.2) is 4.39 Å². The zero-order valence-electron chi connectivity index (χ0n) is 14.2. The average molecular weight is 380 g/mol. The smallest absolute Gasteiger partial charge is 0.423 e. The molecule has 4 rings (SSSR count). The molecule has 3 heterocycles. The third-order valence-corrected chi connectivity index (χ3v) is 4.50. The maximum atomic E-state index is 13.3. The lowest BCUT2D eigenvalue weighted by molar-refractivity contribution is -0.141. The molecule has 0 aliphatic carbocycles. The molecule has 9 heteroatoms. The normalized spacial score (nSPS) is 16.2. The first-order valence-electron chi connectivity index (χ1n) is 8.44. The van der Waals surface area contributed by atoms with Crippen LogP contribution in [-0.2, 0) is 12.7 Å². The van der Waals surface area contributed by atoms with E-state index in [9.17, 15) is 17.6 Å². The van der Waals surface area contributed by atoms with E-state index in [1.54, 1.807) is 12.1 Å². The molecule has 1 aliphatic rings. The van der Waals surface area contributed by atoms with Gasteiger partial charge in [-0.15, -0.1) is 0 Å². The summed E-state index contributed by atoms with van der Waals surface area (Å²) in [6, 6.07) is 7.30. The fourth-order valence-corrected chi connectivity index (χ4v) is 3.10. The lowest BCUT2D eigenvalue weighted by Crippen LogP contribution is -2.46. The van der Waals surface area contributed by atoms with E-state index in [0.717, 1.165) is 6.07 Å². The number of oxazole rings is 1. The molecule has 27 heavy (non-hydrogen) atoms. The van der Waals surface area contributed by atoms with Crippen molar-refractivity contribution < 1.29 is 22.0 Å². The Bertz CT molecular complexity index is 948. The van der Waals surface area contributed by atoms with E-state index in [0.29, 0.717) is 55.4 Å². The zero-order valence-corrected chi connectivity index (χ0v) is 14.2. The van der Waals surface area contributed by atoms with Crippen LogP contribution in [-0.4, -0.2) is 41.0 Å². The second-order valence-corrected chi connectivity index (χ2v) is 6.42. The Labute approximate surface area is 152 Å². The van der Waals surface area contributed by atoms with Crippen LogP contribution in [0.1, 0.15) is 11.3 Å². The van der Waals surface area contributed by atoms with Crippen LogP contribution in [0, 0.1) is 5.82 Å². The number of hydrogen-bond donors (Lipinski definition) is 0. The van der Waals surface area contributed by atoms with E-state index in [2.05, 4.69) is 14.9 Å². The minimum Gasteiger partial charge on any atom is -0.423 e. The molecular formula is C18H16F4N4O. The number of aromatic nitrogens is 2. The number of fused-ring (bicyclic) bond motifs is 1. The summed E-state index contributed by atoms with van der Waals surface area (Å²) in [6.07, 6.45) is -3.26. The summed E-state index contributed by atoms with van der Waals surface area (Å²) >= 11 is 0. The van der Waals surface area contributed by atoms with Gasteiger partial charge >= 0.3 is 6.18 Å². The number of pyridine rings is 1. The lowest BCUT2D eigenvalue weighted by Gasteiger charge is -2.33. The molecule has 0 radical (unpaired) electrons. The molecule has 5 nitrogen and oxygen atoms in total. The summed E-state index contributed by atoms with van der Waals surface area (Å²) in [5.41, 5.74) is 0.676. The molecule has 1 aromatic carbocycles. The Morgan fingerprint density at radius 2 is 1.81 bits per heavy atom. The summed E-state index contributed by atoms with van der Waals surface area (Å²) in [7, 11) is 0. The van der Waals surface area contributed by atoms with Gasteiger partial charge in [0.1, 0.15) is 17.0 Å². The van der Waals surface area contributed by atoms with Crippen LogP contribution >= 0.6 is 0 Å². The number of nitrogens with zero attached hydrogens (tertiary/aromatic N) is 4. The summed E-state index contributed by atoms with van der Waals surface area (Å²) in [5, 5.41) is 0. The van der Waals surface area contributed by atoms with E-state index in [-0.39, 0.29) is 5.82 Å². The van der Waals surface area contributed by atoms with Crippen molar-refractivity contribution in [2.75, 3.05) is 31.1 Å². The minimum absolute atomic E-state index is 0.384. The Kier molecular flexibility index (Phi) is 4.47. The van der Waals surface area contributed by atoms with E-state index in [4.69, 9.17) is 4.42 Å². The topological polar surface area (TPSA) is 45.4 Å². The first-order chi connectivity index (χ1) is 12.9. The van der Waals surface area contributed by atoms with Gasteiger partial charge in [-0.05, 0) is 29.8 Å². The number of piperazine rings is 1. The van der Waals surface area contributed by atoms with Gasteiger partial charge in [-0.2, -0.15) is 18.2 Å². The summed E-state index contributed by atoms with van der Waals surface area (Å²) in [4.78, 5) is 11.8. The van der Waals surface area contributed by atoms with Crippen LogP contribution < -0.4 is 4.90 Å². The van der Waals surface area contributed by atoms with Crippen LogP contribution in [0.25, 0.3) is 11.1 Å². The molecule has 1 fully saturated rings. The second-order valence-electron chi connectivity index (χ2n) is 6.42. The second kappa shape index (κ2) is 6.80. The molecule has 0 saturated carbocycles. The largest absolute Gasteiger partial charge is 0.433 e. The SMILES string of the molecule is Fc1ccc2nc(N3CCN(Cc4ccnc(C(F)(F)F)c4)CC3)oc2c1. The molecule has 0 bridgehead atoms. The van der Waals surface area contributed by atoms with Gasteiger partial charge in [-0.3, -0.25) is 9.88 Å². The number of alkyl halides is 3. The Morgan fingerprint density at radius 1 is 1.04 bits per heavy atom. The predicted molar refractivity (Wildman–Crippen MR) is 90.7 cm³/mol.